The largest absolute Gasteiger partial charge is 0.497 e. The van der Waals surface area contributed by atoms with Crippen LogP contribution in [0.5, 0.6) is 5.75 Å². The predicted octanol–water partition coefficient (Wildman–Crippen LogP) is 3.76. The molecule has 0 atom stereocenters. The number of anilines is 1. The summed E-state index contributed by atoms with van der Waals surface area (Å²) in [5.74, 6) is 0.882. The minimum Gasteiger partial charge on any atom is -0.497 e. The standard InChI is InChI=1S/C17H21NO2/c1-13-10-16(20-3)8-9-17(13)18-11-14-6-4-5-7-15(14)12-19-2/h4-10,18H,11-12H2,1-3H3. The first-order valence-corrected chi connectivity index (χ1v) is 6.69. The summed E-state index contributed by atoms with van der Waals surface area (Å²) in [6.07, 6.45) is 0. The molecule has 3 nitrogen and oxygen atoms in total. The zero-order chi connectivity index (χ0) is 14.4. The molecule has 0 bridgehead atoms. The first kappa shape index (κ1) is 14.4. The highest BCUT2D eigenvalue weighted by Crippen LogP contribution is 2.22. The monoisotopic (exact) mass is 271 g/mol. The molecular formula is C17H21NO2. The molecule has 0 unspecified atom stereocenters. The normalized spacial score (nSPS) is 10.3. The van der Waals surface area contributed by atoms with Crippen LogP contribution in [0.2, 0.25) is 0 Å². The van der Waals surface area contributed by atoms with Gasteiger partial charge in [-0.05, 0) is 41.8 Å². The molecule has 0 aliphatic carbocycles. The van der Waals surface area contributed by atoms with Gasteiger partial charge < -0.3 is 14.8 Å². The minimum atomic E-state index is 0.638. The number of rotatable bonds is 6. The SMILES string of the molecule is COCc1ccccc1CNc1ccc(OC)cc1C. The van der Waals surface area contributed by atoms with Gasteiger partial charge in [0.05, 0.1) is 13.7 Å². The lowest BCUT2D eigenvalue weighted by Gasteiger charge is -2.13. The molecule has 0 spiro atoms. The number of benzene rings is 2. The van der Waals surface area contributed by atoms with Gasteiger partial charge in [0.25, 0.3) is 0 Å². The molecule has 20 heavy (non-hydrogen) atoms. The quantitative estimate of drug-likeness (QED) is 0.867. The topological polar surface area (TPSA) is 30.5 Å². The van der Waals surface area contributed by atoms with Crippen LogP contribution in [0.25, 0.3) is 0 Å². The summed E-state index contributed by atoms with van der Waals surface area (Å²) in [5, 5.41) is 3.47. The predicted molar refractivity (Wildman–Crippen MR) is 82.2 cm³/mol. The Hall–Kier alpha value is -2.00. The van der Waals surface area contributed by atoms with Crippen LogP contribution in [0.4, 0.5) is 5.69 Å². The summed E-state index contributed by atoms with van der Waals surface area (Å²) in [6.45, 7) is 3.50. The highest BCUT2D eigenvalue weighted by Gasteiger charge is 2.03. The van der Waals surface area contributed by atoms with Gasteiger partial charge in [-0.1, -0.05) is 24.3 Å². The van der Waals surface area contributed by atoms with Crippen molar-refractivity contribution >= 4 is 5.69 Å². The van der Waals surface area contributed by atoms with Gasteiger partial charge in [0.15, 0.2) is 0 Å². The smallest absolute Gasteiger partial charge is 0.119 e. The molecule has 0 saturated heterocycles. The Balaban J connectivity index is 2.09. The second kappa shape index (κ2) is 6.96. The van der Waals surface area contributed by atoms with Gasteiger partial charge in [-0.25, -0.2) is 0 Å². The van der Waals surface area contributed by atoms with E-state index in [1.54, 1.807) is 14.2 Å². The Morgan fingerprint density at radius 1 is 1.00 bits per heavy atom. The summed E-state index contributed by atoms with van der Waals surface area (Å²) in [4.78, 5) is 0. The van der Waals surface area contributed by atoms with E-state index in [0.29, 0.717) is 6.61 Å². The Labute approximate surface area is 120 Å². The average Bonchev–Trinajstić information content (AvgIpc) is 2.47. The lowest BCUT2D eigenvalue weighted by Crippen LogP contribution is -2.04. The lowest BCUT2D eigenvalue weighted by molar-refractivity contribution is 0.184. The van der Waals surface area contributed by atoms with Gasteiger partial charge in [0, 0.05) is 19.3 Å². The molecule has 106 valence electrons. The summed E-state index contributed by atoms with van der Waals surface area (Å²) in [7, 11) is 3.40. The summed E-state index contributed by atoms with van der Waals surface area (Å²) in [5.41, 5.74) is 4.77. The number of nitrogens with one attached hydrogen (secondary N) is 1. The van der Waals surface area contributed by atoms with Gasteiger partial charge in [0.1, 0.15) is 5.75 Å². The molecule has 0 aliphatic rings. The van der Waals surface area contributed by atoms with Gasteiger partial charge in [0.2, 0.25) is 0 Å². The third-order valence-corrected chi connectivity index (χ3v) is 3.32. The van der Waals surface area contributed by atoms with Crippen molar-refractivity contribution in [2.45, 2.75) is 20.1 Å². The second-order valence-corrected chi connectivity index (χ2v) is 4.74. The van der Waals surface area contributed by atoms with Crippen LogP contribution in [-0.2, 0) is 17.9 Å². The van der Waals surface area contributed by atoms with Crippen molar-refractivity contribution < 1.29 is 9.47 Å². The number of ether oxygens (including phenoxy) is 2. The molecule has 2 rings (SSSR count). The van der Waals surface area contributed by atoms with Crippen LogP contribution in [0.1, 0.15) is 16.7 Å². The van der Waals surface area contributed by atoms with Gasteiger partial charge >= 0.3 is 0 Å². The van der Waals surface area contributed by atoms with Crippen LogP contribution in [0.15, 0.2) is 42.5 Å². The minimum absolute atomic E-state index is 0.638. The van der Waals surface area contributed by atoms with Crippen molar-refractivity contribution in [2.24, 2.45) is 0 Å². The first-order valence-electron chi connectivity index (χ1n) is 6.69. The van der Waals surface area contributed by atoms with Crippen molar-refractivity contribution in [3.63, 3.8) is 0 Å². The Morgan fingerprint density at radius 3 is 2.40 bits per heavy atom. The van der Waals surface area contributed by atoms with E-state index >= 15 is 0 Å². The highest BCUT2D eigenvalue weighted by atomic mass is 16.5. The lowest BCUT2D eigenvalue weighted by atomic mass is 10.1. The van der Waals surface area contributed by atoms with E-state index in [1.807, 2.05) is 24.3 Å². The molecule has 1 N–H and O–H groups in total. The van der Waals surface area contributed by atoms with Crippen molar-refractivity contribution in [1.29, 1.82) is 0 Å². The van der Waals surface area contributed by atoms with Crippen LogP contribution >= 0.6 is 0 Å². The van der Waals surface area contributed by atoms with E-state index in [4.69, 9.17) is 9.47 Å². The fourth-order valence-corrected chi connectivity index (χ4v) is 2.18. The van der Waals surface area contributed by atoms with Crippen LogP contribution in [0, 0.1) is 6.92 Å². The second-order valence-electron chi connectivity index (χ2n) is 4.74. The third kappa shape index (κ3) is 3.52. The van der Waals surface area contributed by atoms with Gasteiger partial charge in [-0.15, -0.1) is 0 Å². The summed E-state index contributed by atoms with van der Waals surface area (Å²) in [6, 6.07) is 14.4. The molecule has 0 heterocycles. The zero-order valence-corrected chi connectivity index (χ0v) is 12.3. The van der Waals surface area contributed by atoms with Crippen molar-refractivity contribution in [3.8, 4) is 5.75 Å². The fraction of sp³-hybridized carbons (Fsp3) is 0.294. The molecule has 2 aromatic carbocycles. The van der Waals surface area contributed by atoms with E-state index < -0.39 is 0 Å². The van der Waals surface area contributed by atoms with Crippen LogP contribution in [0.3, 0.4) is 0 Å². The summed E-state index contributed by atoms with van der Waals surface area (Å²) < 4.78 is 10.4. The van der Waals surface area contributed by atoms with Gasteiger partial charge in [-0.2, -0.15) is 0 Å². The van der Waals surface area contributed by atoms with Crippen molar-refractivity contribution in [1.82, 2.24) is 0 Å². The number of hydrogen-bond acceptors (Lipinski definition) is 3. The zero-order valence-electron chi connectivity index (χ0n) is 12.3. The maximum Gasteiger partial charge on any atom is 0.119 e. The molecule has 0 radical (unpaired) electrons. The molecule has 0 amide bonds. The number of hydrogen-bond donors (Lipinski definition) is 1. The van der Waals surface area contributed by atoms with Crippen molar-refractivity contribution in [2.75, 3.05) is 19.5 Å². The molecule has 0 aromatic heterocycles. The van der Waals surface area contributed by atoms with Crippen molar-refractivity contribution in [3.05, 3.63) is 59.2 Å². The first-order chi connectivity index (χ1) is 9.74. The van der Waals surface area contributed by atoms with E-state index in [1.165, 1.54) is 16.7 Å². The highest BCUT2D eigenvalue weighted by molar-refractivity contribution is 5.54. The summed E-state index contributed by atoms with van der Waals surface area (Å²) >= 11 is 0. The molecule has 0 saturated carbocycles. The maximum atomic E-state index is 5.23. The molecule has 2 aromatic rings. The third-order valence-electron chi connectivity index (χ3n) is 3.32. The maximum absolute atomic E-state index is 5.23. The number of aryl methyl sites for hydroxylation is 1. The van der Waals surface area contributed by atoms with E-state index in [-0.39, 0.29) is 0 Å². The Bertz CT molecular complexity index is 567. The Kier molecular flexibility index (Phi) is 5.02. The van der Waals surface area contributed by atoms with Crippen LogP contribution in [-0.4, -0.2) is 14.2 Å². The van der Waals surface area contributed by atoms with Crippen LogP contribution < -0.4 is 10.1 Å². The molecule has 0 aliphatic heterocycles. The Morgan fingerprint density at radius 2 is 1.75 bits per heavy atom. The van der Waals surface area contributed by atoms with E-state index in [2.05, 4.69) is 30.4 Å². The van der Waals surface area contributed by atoms with Gasteiger partial charge in [-0.3, -0.25) is 0 Å². The molecular weight excluding hydrogens is 250 g/mol. The number of methoxy groups -OCH3 is 2. The average molecular weight is 271 g/mol. The molecule has 0 fully saturated rings. The van der Waals surface area contributed by atoms with E-state index in [0.717, 1.165) is 18.0 Å². The fourth-order valence-electron chi connectivity index (χ4n) is 2.18. The van der Waals surface area contributed by atoms with E-state index in [9.17, 15) is 0 Å². The molecule has 3 heteroatoms.